The number of nitrogens with one attached hydrogen (secondary N) is 1. The van der Waals surface area contributed by atoms with E-state index >= 15 is 0 Å². The van der Waals surface area contributed by atoms with Crippen molar-refractivity contribution in [2.45, 2.75) is 40.7 Å². The Morgan fingerprint density at radius 3 is 2.27 bits per heavy atom. The van der Waals surface area contributed by atoms with E-state index in [4.69, 9.17) is 0 Å². The first kappa shape index (κ1) is 14.7. The molecule has 2 heteroatoms. The zero-order valence-electron chi connectivity index (χ0n) is 11.4. The Hall–Kier alpha value is -0.340. The Bertz CT molecular complexity index is 189. The Balaban J connectivity index is 3.77. The molecule has 0 atom stereocenters. The molecule has 0 aliphatic carbocycles. The number of hydrogen-bond acceptors (Lipinski definition) is 2. The van der Waals surface area contributed by atoms with Crippen molar-refractivity contribution in [3.63, 3.8) is 0 Å². The highest BCUT2D eigenvalue weighted by Gasteiger charge is 2.13. The Kier molecular flexibility index (Phi) is 6.15. The van der Waals surface area contributed by atoms with E-state index in [1.165, 1.54) is 5.57 Å². The van der Waals surface area contributed by atoms with Crippen molar-refractivity contribution in [1.29, 1.82) is 0 Å². The Labute approximate surface area is 95.7 Å². The van der Waals surface area contributed by atoms with Gasteiger partial charge in [0.1, 0.15) is 0 Å². The summed E-state index contributed by atoms with van der Waals surface area (Å²) in [4.78, 5) is 2.34. The number of hydrogen-bond donors (Lipinski definition) is 1. The molecule has 0 saturated heterocycles. The molecule has 0 aromatic carbocycles. The molecule has 1 N–H and O–H groups in total. The van der Waals surface area contributed by atoms with Gasteiger partial charge in [0.2, 0.25) is 0 Å². The molecule has 0 rings (SSSR count). The fraction of sp³-hybridized carbons (Fsp3) is 0.846. The monoisotopic (exact) mass is 212 g/mol. The molecule has 0 amide bonds. The van der Waals surface area contributed by atoms with Crippen LogP contribution in [0.15, 0.2) is 12.2 Å². The molecule has 0 aromatic rings. The summed E-state index contributed by atoms with van der Waals surface area (Å²) < 4.78 is 0. The van der Waals surface area contributed by atoms with Crippen LogP contribution in [-0.2, 0) is 0 Å². The van der Waals surface area contributed by atoms with Crippen LogP contribution in [0.4, 0.5) is 0 Å². The van der Waals surface area contributed by atoms with Crippen molar-refractivity contribution >= 4 is 0 Å². The normalized spacial score (nSPS) is 12.5. The standard InChI is InChI=1S/C13H28N2/c1-11(2)14-8-12(3)9-15(7)10-13(4,5)6/h11,14H,3,8-10H2,1-2,4-7H3. The average Bonchev–Trinajstić information content (AvgIpc) is 1.96. The van der Waals surface area contributed by atoms with Crippen LogP contribution in [0.25, 0.3) is 0 Å². The lowest BCUT2D eigenvalue weighted by molar-refractivity contribution is 0.239. The summed E-state index contributed by atoms with van der Waals surface area (Å²) in [5.74, 6) is 0. The number of rotatable bonds is 6. The summed E-state index contributed by atoms with van der Waals surface area (Å²) in [5.41, 5.74) is 1.62. The van der Waals surface area contributed by atoms with Crippen molar-refractivity contribution in [2.24, 2.45) is 5.41 Å². The van der Waals surface area contributed by atoms with E-state index in [2.05, 4.69) is 58.5 Å². The summed E-state index contributed by atoms with van der Waals surface area (Å²) in [6.45, 7) is 18.2. The first-order valence-electron chi connectivity index (χ1n) is 5.79. The molecular weight excluding hydrogens is 184 g/mol. The van der Waals surface area contributed by atoms with Gasteiger partial charge in [-0.25, -0.2) is 0 Å². The zero-order chi connectivity index (χ0) is 12.1. The minimum Gasteiger partial charge on any atom is -0.311 e. The number of nitrogens with zero attached hydrogens (tertiary/aromatic N) is 1. The molecule has 0 heterocycles. The van der Waals surface area contributed by atoms with Gasteiger partial charge in [-0.05, 0) is 18.0 Å². The Morgan fingerprint density at radius 1 is 1.33 bits per heavy atom. The van der Waals surface area contributed by atoms with Gasteiger partial charge in [-0.15, -0.1) is 0 Å². The zero-order valence-corrected chi connectivity index (χ0v) is 11.4. The summed E-state index contributed by atoms with van der Waals surface area (Å²) in [7, 11) is 2.16. The number of likely N-dealkylation sites (N-methyl/N-ethyl adjacent to an activating group) is 1. The van der Waals surface area contributed by atoms with Crippen LogP contribution in [0.1, 0.15) is 34.6 Å². The third-order valence-corrected chi connectivity index (χ3v) is 2.00. The molecule has 0 unspecified atom stereocenters. The van der Waals surface area contributed by atoms with Crippen molar-refractivity contribution in [2.75, 3.05) is 26.7 Å². The van der Waals surface area contributed by atoms with E-state index < -0.39 is 0 Å². The summed E-state index contributed by atoms with van der Waals surface area (Å²) in [5, 5.41) is 3.39. The molecule has 90 valence electrons. The largest absolute Gasteiger partial charge is 0.311 e. The second kappa shape index (κ2) is 6.29. The fourth-order valence-corrected chi connectivity index (χ4v) is 1.65. The van der Waals surface area contributed by atoms with Gasteiger partial charge in [0.05, 0.1) is 0 Å². The van der Waals surface area contributed by atoms with Gasteiger partial charge in [0.15, 0.2) is 0 Å². The predicted octanol–water partition coefficient (Wildman–Crippen LogP) is 2.52. The minimum absolute atomic E-state index is 0.362. The predicted molar refractivity (Wildman–Crippen MR) is 69.2 cm³/mol. The molecule has 0 aliphatic heterocycles. The smallest absolute Gasteiger partial charge is 0.0200 e. The second-order valence-electron chi connectivity index (χ2n) is 6.02. The van der Waals surface area contributed by atoms with Crippen LogP contribution in [0.5, 0.6) is 0 Å². The third-order valence-electron chi connectivity index (χ3n) is 2.00. The highest BCUT2D eigenvalue weighted by atomic mass is 15.1. The molecule has 0 radical (unpaired) electrons. The lowest BCUT2D eigenvalue weighted by Crippen LogP contribution is -2.33. The summed E-state index contributed by atoms with van der Waals surface area (Å²) in [6, 6.07) is 0.537. The molecule has 0 saturated carbocycles. The fourth-order valence-electron chi connectivity index (χ4n) is 1.65. The molecular formula is C13H28N2. The first-order valence-corrected chi connectivity index (χ1v) is 5.79. The van der Waals surface area contributed by atoms with Crippen LogP contribution in [0.2, 0.25) is 0 Å². The maximum Gasteiger partial charge on any atom is 0.0200 e. The molecule has 0 spiro atoms. The van der Waals surface area contributed by atoms with Crippen LogP contribution in [0, 0.1) is 5.41 Å². The van der Waals surface area contributed by atoms with Gasteiger partial charge in [0, 0.05) is 25.7 Å². The highest BCUT2D eigenvalue weighted by Crippen LogP contribution is 2.14. The Morgan fingerprint density at radius 2 is 1.87 bits per heavy atom. The quantitative estimate of drug-likeness (QED) is 0.681. The third kappa shape index (κ3) is 9.95. The van der Waals surface area contributed by atoms with Crippen molar-refractivity contribution in [3.05, 3.63) is 12.2 Å². The second-order valence-corrected chi connectivity index (χ2v) is 6.02. The van der Waals surface area contributed by atoms with E-state index in [1.54, 1.807) is 0 Å². The molecule has 0 fully saturated rings. The van der Waals surface area contributed by atoms with Crippen LogP contribution in [0.3, 0.4) is 0 Å². The topological polar surface area (TPSA) is 15.3 Å². The SMILES string of the molecule is C=C(CNC(C)C)CN(C)CC(C)(C)C. The van der Waals surface area contributed by atoms with Crippen molar-refractivity contribution < 1.29 is 0 Å². The average molecular weight is 212 g/mol. The van der Waals surface area contributed by atoms with Gasteiger partial charge in [-0.2, -0.15) is 0 Å². The molecule has 2 nitrogen and oxygen atoms in total. The van der Waals surface area contributed by atoms with Gasteiger partial charge in [-0.3, -0.25) is 0 Å². The maximum atomic E-state index is 4.09. The van der Waals surface area contributed by atoms with Gasteiger partial charge >= 0.3 is 0 Å². The van der Waals surface area contributed by atoms with E-state index in [9.17, 15) is 0 Å². The highest BCUT2D eigenvalue weighted by molar-refractivity contribution is 5.00. The van der Waals surface area contributed by atoms with Gasteiger partial charge in [0.25, 0.3) is 0 Å². The minimum atomic E-state index is 0.362. The van der Waals surface area contributed by atoms with Crippen LogP contribution >= 0.6 is 0 Å². The van der Waals surface area contributed by atoms with Crippen LogP contribution < -0.4 is 5.32 Å². The molecule has 0 aliphatic rings. The van der Waals surface area contributed by atoms with E-state index in [0.717, 1.165) is 19.6 Å². The summed E-state index contributed by atoms with van der Waals surface area (Å²) >= 11 is 0. The lowest BCUT2D eigenvalue weighted by atomic mass is 9.96. The van der Waals surface area contributed by atoms with E-state index in [1.807, 2.05) is 0 Å². The lowest BCUT2D eigenvalue weighted by Gasteiger charge is -2.27. The van der Waals surface area contributed by atoms with Crippen molar-refractivity contribution in [1.82, 2.24) is 10.2 Å². The van der Waals surface area contributed by atoms with Crippen LogP contribution in [-0.4, -0.2) is 37.6 Å². The first-order chi connectivity index (χ1) is 6.70. The maximum absolute atomic E-state index is 4.09. The van der Waals surface area contributed by atoms with Crippen molar-refractivity contribution in [3.8, 4) is 0 Å². The molecule has 0 aromatic heterocycles. The van der Waals surface area contributed by atoms with E-state index in [0.29, 0.717) is 11.5 Å². The van der Waals surface area contributed by atoms with E-state index in [-0.39, 0.29) is 0 Å². The van der Waals surface area contributed by atoms with Gasteiger partial charge in [-0.1, -0.05) is 41.2 Å². The summed E-state index contributed by atoms with van der Waals surface area (Å²) in [6.07, 6.45) is 0. The molecule has 15 heavy (non-hydrogen) atoms. The van der Waals surface area contributed by atoms with Gasteiger partial charge < -0.3 is 10.2 Å². The molecule has 0 bridgehead atoms.